The van der Waals surface area contributed by atoms with Crippen molar-refractivity contribution < 1.29 is 33.4 Å². The third-order valence-corrected chi connectivity index (χ3v) is 4.29. The Hall–Kier alpha value is -4.01. The number of para-hydroxylation sites is 1. The summed E-state index contributed by atoms with van der Waals surface area (Å²) in [6.07, 6.45) is 1.52. The summed E-state index contributed by atoms with van der Waals surface area (Å²) in [4.78, 5) is 48.8. The van der Waals surface area contributed by atoms with Gasteiger partial charge in [0, 0.05) is 12.1 Å². The highest BCUT2D eigenvalue weighted by atomic mass is 19.1. The van der Waals surface area contributed by atoms with Gasteiger partial charge in [0.05, 0.1) is 0 Å². The van der Waals surface area contributed by atoms with Gasteiger partial charge < -0.3 is 9.84 Å². The van der Waals surface area contributed by atoms with Crippen LogP contribution in [0.2, 0.25) is 0 Å². The molecule has 2 N–H and O–H groups in total. The van der Waals surface area contributed by atoms with E-state index in [1.165, 1.54) is 24.3 Å². The van der Waals surface area contributed by atoms with Gasteiger partial charge in [-0.05, 0) is 36.3 Å². The summed E-state index contributed by atoms with van der Waals surface area (Å²) in [5, 5.41) is 10.9. The Morgan fingerprint density at radius 1 is 1.10 bits per heavy atom. The molecule has 3 rings (SSSR count). The van der Waals surface area contributed by atoms with Gasteiger partial charge >= 0.3 is 12.0 Å². The number of carboxylic acid groups (broad SMARTS) is 1. The molecule has 1 aliphatic rings. The van der Waals surface area contributed by atoms with E-state index in [9.17, 15) is 23.6 Å². The molecule has 2 aromatic rings. The smallest absolute Gasteiger partial charge is 0.341 e. The summed E-state index contributed by atoms with van der Waals surface area (Å²) in [5.74, 6) is -3.07. The molecule has 30 heavy (non-hydrogen) atoms. The number of hydrogen-bond donors (Lipinski definition) is 2. The summed E-state index contributed by atoms with van der Waals surface area (Å²) >= 11 is 0. The van der Waals surface area contributed by atoms with Gasteiger partial charge in [0.15, 0.2) is 6.61 Å². The van der Waals surface area contributed by atoms with Gasteiger partial charge in [-0.1, -0.05) is 30.3 Å². The molecule has 154 valence electrons. The van der Waals surface area contributed by atoms with E-state index in [-0.39, 0.29) is 24.3 Å². The van der Waals surface area contributed by atoms with E-state index in [0.29, 0.717) is 11.1 Å². The minimum absolute atomic E-state index is 0.0158. The number of benzene rings is 2. The Labute approximate surface area is 170 Å². The van der Waals surface area contributed by atoms with Crippen molar-refractivity contribution in [3.63, 3.8) is 0 Å². The molecule has 1 saturated heterocycles. The number of nitrogens with one attached hydrogen (secondary N) is 1. The number of urea groups is 1. The number of rotatable bonds is 7. The van der Waals surface area contributed by atoms with Crippen molar-refractivity contribution in [2.45, 2.75) is 6.42 Å². The van der Waals surface area contributed by atoms with Crippen molar-refractivity contribution in [2.75, 3.05) is 13.2 Å². The zero-order valence-corrected chi connectivity index (χ0v) is 15.6. The molecule has 1 heterocycles. The highest BCUT2D eigenvalue weighted by molar-refractivity contribution is 6.31. The van der Waals surface area contributed by atoms with Crippen LogP contribution >= 0.6 is 0 Å². The van der Waals surface area contributed by atoms with E-state index >= 15 is 0 Å². The highest BCUT2D eigenvalue weighted by Gasteiger charge is 2.35. The van der Waals surface area contributed by atoms with Gasteiger partial charge in [-0.25, -0.2) is 14.0 Å². The average molecular weight is 412 g/mol. The Bertz CT molecular complexity index is 1030. The van der Waals surface area contributed by atoms with Crippen LogP contribution in [0.15, 0.2) is 54.1 Å². The zero-order valence-electron chi connectivity index (χ0n) is 15.6. The van der Waals surface area contributed by atoms with Gasteiger partial charge in [-0.3, -0.25) is 19.8 Å². The Morgan fingerprint density at radius 3 is 2.50 bits per heavy atom. The van der Waals surface area contributed by atoms with Crippen LogP contribution in [0.4, 0.5) is 9.18 Å². The van der Waals surface area contributed by atoms with E-state index in [1.807, 2.05) is 0 Å². The molecule has 0 spiro atoms. The molecule has 0 radical (unpaired) electrons. The fourth-order valence-electron chi connectivity index (χ4n) is 2.82. The van der Waals surface area contributed by atoms with Crippen molar-refractivity contribution in [1.82, 2.24) is 10.2 Å². The van der Waals surface area contributed by atoms with Crippen molar-refractivity contribution in [1.29, 1.82) is 0 Å². The van der Waals surface area contributed by atoms with E-state index in [2.05, 4.69) is 5.32 Å². The van der Waals surface area contributed by atoms with Crippen molar-refractivity contribution in [3.05, 3.63) is 71.0 Å². The first-order valence-electron chi connectivity index (χ1n) is 8.92. The van der Waals surface area contributed by atoms with Crippen LogP contribution in [-0.2, 0) is 20.8 Å². The number of carbonyl (C=O) groups is 4. The molecule has 0 atom stereocenters. The highest BCUT2D eigenvalue weighted by Crippen LogP contribution is 2.23. The lowest BCUT2D eigenvalue weighted by atomic mass is 10.1. The number of barbiturate groups is 1. The van der Waals surface area contributed by atoms with Gasteiger partial charge in [0.1, 0.15) is 17.1 Å². The standard InChI is InChI=1S/C21H17FN2O6/c22-15-7-5-13(6-8-15)9-10-24-20(28)16(19(27)23-21(24)29)11-14-3-1-2-4-17(14)30-12-18(25)26/h1-8,11H,9-10,12H2,(H,25,26)(H,23,27,29)/b16-11-. The minimum Gasteiger partial charge on any atom is -0.481 e. The number of ether oxygens (including phenoxy) is 1. The first-order valence-corrected chi connectivity index (χ1v) is 8.92. The number of hydrogen-bond acceptors (Lipinski definition) is 5. The van der Waals surface area contributed by atoms with Crippen molar-refractivity contribution in [2.24, 2.45) is 0 Å². The number of imide groups is 2. The molecule has 0 aromatic heterocycles. The largest absolute Gasteiger partial charge is 0.481 e. The molecule has 0 bridgehead atoms. The number of halogens is 1. The van der Waals surface area contributed by atoms with Gasteiger partial charge in [0.25, 0.3) is 11.8 Å². The summed E-state index contributed by atoms with van der Waals surface area (Å²) in [5.41, 5.74) is 0.733. The zero-order chi connectivity index (χ0) is 21.7. The molecule has 9 heteroatoms. The Kier molecular flexibility index (Phi) is 6.21. The first-order chi connectivity index (χ1) is 14.3. The maximum atomic E-state index is 13.0. The lowest BCUT2D eigenvalue weighted by Gasteiger charge is -2.26. The van der Waals surface area contributed by atoms with Crippen LogP contribution in [0.25, 0.3) is 6.08 Å². The average Bonchev–Trinajstić information content (AvgIpc) is 2.71. The quantitative estimate of drug-likeness (QED) is 0.531. The minimum atomic E-state index is -1.18. The molecule has 4 amide bonds. The predicted molar refractivity (Wildman–Crippen MR) is 103 cm³/mol. The summed E-state index contributed by atoms with van der Waals surface area (Å²) in [6.45, 7) is -0.610. The monoisotopic (exact) mass is 412 g/mol. The summed E-state index contributed by atoms with van der Waals surface area (Å²) in [7, 11) is 0. The van der Waals surface area contributed by atoms with Crippen molar-refractivity contribution in [3.8, 4) is 5.75 Å². The molecule has 0 saturated carbocycles. The fourth-order valence-corrected chi connectivity index (χ4v) is 2.82. The molecule has 0 aliphatic carbocycles. The second kappa shape index (κ2) is 8.99. The van der Waals surface area contributed by atoms with Crippen molar-refractivity contribution >= 4 is 29.9 Å². The second-order valence-corrected chi connectivity index (χ2v) is 6.37. The van der Waals surface area contributed by atoms with Gasteiger partial charge in [-0.2, -0.15) is 0 Å². The second-order valence-electron chi connectivity index (χ2n) is 6.37. The molecule has 2 aromatic carbocycles. The fraction of sp³-hybridized carbons (Fsp3) is 0.143. The van der Waals surface area contributed by atoms with Crippen LogP contribution in [0, 0.1) is 5.82 Å². The third kappa shape index (κ3) is 4.88. The first kappa shape index (κ1) is 20.7. The molecule has 8 nitrogen and oxygen atoms in total. The number of carboxylic acids is 1. The van der Waals surface area contributed by atoms with Gasteiger partial charge in [0.2, 0.25) is 0 Å². The SMILES string of the molecule is O=C(O)COc1ccccc1/C=C1/C(=O)NC(=O)N(CCc2ccc(F)cc2)C1=O. The van der Waals surface area contributed by atoms with Crippen LogP contribution < -0.4 is 10.1 Å². The van der Waals surface area contributed by atoms with E-state index < -0.39 is 36.2 Å². The Morgan fingerprint density at radius 2 is 1.80 bits per heavy atom. The van der Waals surface area contributed by atoms with E-state index in [4.69, 9.17) is 9.84 Å². The number of aliphatic carboxylic acids is 1. The summed E-state index contributed by atoms with van der Waals surface area (Å²) in [6, 6.07) is 11.1. The van der Waals surface area contributed by atoms with Crippen LogP contribution in [-0.4, -0.2) is 47.0 Å². The molecular formula is C21H17FN2O6. The maximum absolute atomic E-state index is 13.0. The molecule has 1 aliphatic heterocycles. The predicted octanol–water partition coefficient (Wildman–Crippen LogP) is 1.99. The van der Waals surface area contributed by atoms with E-state index in [1.54, 1.807) is 30.3 Å². The topological polar surface area (TPSA) is 113 Å². The summed E-state index contributed by atoms with van der Waals surface area (Å²) < 4.78 is 18.2. The van der Waals surface area contributed by atoms with E-state index in [0.717, 1.165) is 4.90 Å². The molecule has 1 fully saturated rings. The maximum Gasteiger partial charge on any atom is 0.341 e. The third-order valence-electron chi connectivity index (χ3n) is 4.29. The number of nitrogens with zero attached hydrogens (tertiary/aromatic N) is 1. The molecule has 0 unspecified atom stereocenters. The number of carbonyl (C=O) groups excluding carboxylic acids is 3. The van der Waals surface area contributed by atoms with Crippen LogP contribution in [0.3, 0.4) is 0 Å². The van der Waals surface area contributed by atoms with Crippen LogP contribution in [0.5, 0.6) is 5.75 Å². The lowest BCUT2D eigenvalue weighted by Crippen LogP contribution is -2.54. The number of amides is 4. The normalized spacial score (nSPS) is 15.3. The lowest BCUT2D eigenvalue weighted by molar-refractivity contribution is -0.139. The molecular weight excluding hydrogens is 395 g/mol. The van der Waals surface area contributed by atoms with Gasteiger partial charge in [-0.15, -0.1) is 0 Å². The Balaban J connectivity index is 1.82. The van der Waals surface area contributed by atoms with Crippen LogP contribution in [0.1, 0.15) is 11.1 Å².